The fourth-order valence-corrected chi connectivity index (χ4v) is 5.85. The monoisotopic (exact) mass is 454 g/mol. The molecule has 4 heteroatoms. The van der Waals surface area contributed by atoms with Crippen molar-refractivity contribution in [3.63, 3.8) is 0 Å². The average molecular weight is 455 g/mol. The van der Waals surface area contributed by atoms with Gasteiger partial charge in [0.05, 0.1) is 7.11 Å². The fourth-order valence-electron chi connectivity index (χ4n) is 5.85. The van der Waals surface area contributed by atoms with Crippen LogP contribution in [0.4, 0.5) is 0 Å². The molecule has 3 aromatic carbocycles. The Labute approximate surface area is 203 Å². The smallest absolute Gasteiger partial charge is 0.222 e. The zero-order valence-electron chi connectivity index (χ0n) is 20.0. The van der Waals surface area contributed by atoms with Gasteiger partial charge in [-0.3, -0.25) is 9.69 Å². The first-order chi connectivity index (χ1) is 16.7. The third-order valence-corrected chi connectivity index (χ3v) is 7.60. The van der Waals surface area contributed by atoms with Crippen molar-refractivity contribution in [1.82, 2.24) is 9.80 Å². The minimum atomic E-state index is 0.191. The maximum Gasteiger partial charge on any atom is 0.222 e. The molecule has 0 unspecified atom stereocenters. The van der Waals surface area contributed by atoms with Gasteiger partial charge in [0.2, 0.25) is 5.91 Å². The molecule has 0 saturated carbocycles. The molecule has 2 heterocycles. The van der Waals surface area contributed by atoms with Crippen molar-refractivity contribution in [3.05, 3.63) is 102 Å². The standard InChI is InChI=1S/C30H34N2O2/c1-34-29-15-9-8-14-26(29)21-31-19-18-28-25(20-31)16-17-30(33)32(28)22-27(23-10-4-2-5-11-23)24-12-6-3-7-13-24/h2-15,25,27-28H,16-22H2,1H3/t25-,28+/m1/s1. The Morgan fingerprint density at radius 2 is 1.53 bits per heavy atom. The summed E-state index contributed by atoms with van der Waals surface area (Å²) in [7, 11) is 1.74. The van der Waals surface area contributed by atoms with E-state index in [9.17, 15) is 4.79 Å². The van der Waals surface area contributed by atoms with Crippen LogP contribution in [0.3, 0.4) is 0 Å². The summed E-state index contributed by atoms with van der Waals surface area (Å²) in [5.41, 5.74) is 3.79. The van der Waals surface area contributed by atoms with Crippen molar-refractivity contribution >= 4 is 5.91 Å². The molecule has 2 saturated heterocycles. The number of carbonyl (C=O) groups is 1. The summed E-state index contributed by atoms with van der Waals surface area (Å²) in [6.45, 7) is 3.69. The van der Waals surface area contributed by atoms with Crippen LogP contribution in [0.2, 0.25) is 0 Å². The summed E-state index contributed by atoms with van der Waals surface area (Å²) in [6.07, 6.45) is 2.67. The van der Waals surface area contributed by atoms with Crippen LogP contribution < -0.4 is 4.74 Å². The molecular weight excluding hydrogens is 420 g/mol. The minimum absolute atomic E-state index is 0.191. The zero-order valence-corrected chi connectivity index (χ0v) is 20.0. The van der Waals surface area contributed by atoms with Crippen LogP contribution in [0, 0.1) is 5.92 Å². The second-order valence-electron chi connectivity index (χ2n) is 9.62. The van der Waals surface area contributed by atoms with Crippen molar-refractivity contribution in [3.8, 4) is 5.75 Å². The average Bonchev–Trinajstić information content (AvgIpc) is 2.89. The highest BCUT2D eigenvalue weighted by Gasteiger charge is 2.40. The summed E-state index contributed by atoms with van der Waals surface area (Å²) in [5, 5.41) is 0. The number of methoxy groups -OCH3 is 1. The largest absolute Gasteiger partial charge is 0.496 e. The van der Waals surface area contributed by atoms with Gasteiger partial charge in [-0.2, -0.15) is 0 Å². The van der Waals surface area contributed by atoms with Crippen LogP contribution in [-0.2, 0) is 11.3 Å². The molecule has 0 N–H and O–H groups in total. The number of nitrogens with zero attached hydrogens (tertiary/aromatic N) is 2. The lowest BCUT2D eigenvalue weighted by Crippen LogP contribution is -2.56. The van der Waals surface area contributed by atoms with Crippen molar-refractivity contribution in [1.29, 1.82) is 0 Å². The van der Waals surface area contributed by atoms with Gasteiger partial charge in [0, 0.05) is 50.1 Å². The highest BCUT2D eigenvalue weighted by Crippen LogP contribution is 2.35. The summed E-state index contributed by atoms with van der Waals surface area (Å²) >= 11 is 0. The van der Waals surface area contributed by atoms with Gasteiger partial charge in [0.25, 0.3) is 0 Å². The van der Waals surface area contributed by atoms with Crippen molar-refractivity contribution in [2.24, 2.45) is 5.92 Å². The Bertz CT molecular complexity index is 1050. The van der Waals surface area contributed by atoms with Gasteiger partial charge in [-0.05, 0) is 36.0 Å². The number of likely N-dealkylation sites (tertiary alicyclic amines) is 2. The highest BCUT2D eigenvalue weighted by molar-refractivity contribution is 5.77. The number of amides is 1. The molecule has 2 aliphatic rings. The van der Waals surface area contributed by atoms with Crippen molar-refractivity contribution < 1.29 is 9.53 Å². The molecule has 34 heavy (non-hydrogen) atoms. The fraction of sp³-hybridized carbons (Fsp3) is 0.367. The molecule has 1 amide bonds. The molecule has 0 aliphatic carbocycles. The van der Waals surface area contributed by atoms with Crippen molar-refractivity contribution in [2.75, 3.05) is 26.7 Å². The molecule has 5 rings (SSSR count). The predicted molar refractivity (Wildman–Crippen MR) is 136 cm³/mol. The minimum Gasteiger partial charge on any atom is -0.496 e. The first-order valence-electron chi connectivity index (χ1n) is 12.5. The lowest BCUT2D eigenvalue weighted by atomic mass is 9.81. The molecule has 2 atom stereocenters. The molecule has 2 aliphatic heterocycles. The maximum absolute atomic E-state index is 13.2. The number of para-hydroxylation sites is 1. The second kappa shape index (κ2) is 10.4. The molecular formula is C30H34N2O2. The first-order valence-corrected chi connectivity index (χ1v) is 12.5. The van der Waals surface area contributed by atoms with E-state index < -0.39 is 0 Å². The van der Waals surface area contributed by atoms with E-state index in [0.29, 0.717) is 24.3 Å². The van der Waals surface area contributed by atoms with E-state index in [2.05, 4.69) is 82.6 Å². The van der Waals surface area contributed by atoms with E-state index >= 15 is 0 Å². The Hall–Kier alpha value is -3.11. The van der Waals surface area contributed by atoms with E-state index in [1.807, 2.05) is 12.1 Å². The zero-order chi connectivity index (χ0) is 23.3. The SMILES string of the molecule is COc1ccccc1CN1CC[C@H]2[C@H](CCC(=O)N2CC(c2ccccc2)c2ccccc2)C1. The number of benzene rings is 3. The molecule has 0 bridgehead atoms. The maximum atomic E-state index is 13.2. The quantitative estimate of drug-likeness (QED) is 0.483. The predicted octanol–water partition coefficient (Wildman–Crippen LogP) is 5.34. The summed E-state index contributed by atoms with van der Waals surface area (Å²) in [6, 6.07) is 29.9. The molecule has 0 spiro atoms. The third kappa shape index (κ3) is 4.88. The molecule has 0 radical (unpaired) electrons. The van der Waals surface area contributed by atoms with E-state index in [1.54, 1.807) is 7.11 Å². The number of piperidine rings is 2. The Balaban J connectivity index is 1.33. The normalized spacial score (nSPS) is 20.9. The highest BCUT2D eigenvalue weighted by atomic mass is 16.5. The summed E-state index contributed by atoms with van der Waals surface area (Å²) in [4.78, 5) is 18.0. The summed E-state index contributed by atoms with van der Waals surface area (Å²) in [5.74, 6) is 1.99. The molecule has 3 aromatic rings. The van der Waals surface area contributed by atoms with Gasteiger partial charge < -0.3 is 9.64 Å². The van der Waals surface area contributed by atoms with Crippen molar-refractivity contribution in [2.45, 2.75) is 37.8 Å². The van der Waals surface area contributed by atoms with E-state index in [0.717, 1.165) is 44.8 Å². The number of fused-ring (bicyclic) bond motifs is 1. The topological polar surface area (TPSA) is 32.8 Å². The van der Waals surface area contributed by atoms with Gasteiger partial charge in [0.15, 0.2) is 0 Å². The van der Waals surface area contributed by atoms with E-state index in [-0.39, 0.29) is 5.92 Å². The van der Waals surface area contributed by atoms with Crippen LogP contribution in [0.15, 0.2) is 84.9 Å². The Morgan fingerprint density at radius 3 is 2.21 bits per heavy atom. The van der Waals surface area contributed by atoms with E-state index in [1.165, 1.54) is 16.7 Å². The second-order valence-corrected chi connectivity index (χ2v) is 9.62. The van der Waals surface area contributed by atoms with Gasteiger partial charge >= 0.3 is 0 Å². The lowest BCUT2D eigenvalue weighted by molar-refractivity contribution is -0.141. The summed E-state index contributed by atoms with van der Waals surface area (Å²) < 4.78 is 5.57. The Morgan fingerprint density at radius 1 is 0.882 bits per heavy atom. The number of ether oxygens (including phenoxy) is 1. The first kappa shape index (κ1) is 22.7. The van der Waals surface area contributed by atoms with Crippen LogP contribution in [-0.4, -0.2) is 48.5 Å². The Kier molecular flexibility index (Phi) is 6.96. The molecule has 4 nitrogen and oxygen atoms in total. The molecule has 2 fully saturated rings. The van der Waals surface area contributed by atoms with Gasteiger partial charge in [0.1, 0.15) is 5.75 Å². The van der Waals surface area contributed by atoms with Crippen LogP contribution in [0.25, 0.3) is 0 Å². The number of rotatable bonds is 7. The van der Waals surface area contributed by atoms with Crippen LogP contribution in [0.5, 0.6) is 5.75 Å². The molecule has 176 valence electrons. The van der Waals surface area contributed by atoms with Gasteiger partial charge in [-0.25, -0.2) is 0 Å². The van der Waals surface area contributed by atoms with Gasteiger partial charge in [-0.1, -0.05) is 78.9 Å². The number of hydrogen-bond donors (Lipinski definition) is 0. The van der Waals surface area contributed by atoms with Gasteiger partial charge in [-0.15, -0.1) is 0 Å². The molecule has 0 aromatic heterocycles. The third-order valence-electron chi connectivity index (χ3n) is 7.60. The van der Waals surface area contributed by atoms with E-state index in [4.69, 9.17) is 4.74 Å². The van der Waals surface area contributed by atoms with Crippen LogP contribution in [0.1, 0.15) is 41.9 Å². The lowest BCUT2D eigenvalue weighted by Gasteiger charge is -2.48. The number of hydrogen-bond acceptors (Lipinski definition) is 3. The van der Waals surface area contributed by atoms with Crippen LogP contribution >= 0.6 is 0 Å². The number of carbonyl (C=O) groups excluding carboxylic acids is 1.